The Morgan fingerprint density at radius 2 is 2.18 bits per heavy atom. The van der Waals surface area contributed by atoms with Gasteiger partial charge in [0.05, 0.1) is 0 Å². The molecule has 94 valence electrons. The van der Waals surface area contributed by atoms with Gasteiger partial charge in [0.15, 0.2) is 0 Å². The van der Waals surface area contributed by atoms with Gasteiger partial charge >= 0.3 is 6.03 Å². The third-order valence-electron chi connectivity index (χ3n) is 4.55. The minimum Gasteiger partial charge on any atom is -0.309 e. The molecule has 2 atom stereocenters. The first-order valence-corrected chi connectivity index (χ1v) is 6.44. The fourth-order valence-electron chi connectivity index (χ4n) is 3.22. The molecule has 3 fully saturated rings. The molecule has 0 aromatic heterocycles. The molecule has 1 saturated carbocycles. The highest BCUT2D eigenvalue weighted by molar-refractivity contribution is 6.08. The number of nitrogens with zero attached hydrogens (tertiary/aromatic N) is 2. The monoisotopic (exact) mass is 236 g/mol. The number of likely N-dealkylation sites (tertiary alicyclic amines) is 1. The molecule has 0 radical (unpaired) electrons. The van der Waals surface area contributed by atoms with Gasteiger partial charge in [-0.15, -0.1) is 0 Å². The molecular weight excluding hydrogens is 216 g/mol. The number of hydrogen-bond donors (Lipinski definition) is 2. The van der Waals surface area contributed by atoms with E-state index in [1.54, 1.807) is 0 Å². The highest BCUT2D eigenvalue weighted by Gasteiger charge is 2.56. The van der Waals surface area contributed by atoms with Crippen LogP contribution in [0, 0.1) is 5.41 Å². The van der Waals surface area contributed by atoms with Crippen molar-refractivity contribution in [2.24, 2.45) is 0 Å². The van der Waals surface area contributed by atoms with Crippen LogP contribution in [-0.4, -0.2) is 52.9 Å². The summed E-state index contributed by atoms with van der Waals surface area (Å²) in [4.78, 5) is 16.3. The van der Waals surface area contributed by atoms with Gasteiger partial charge in [-0.3, -0.25) is 10.7 Å². The molecule has 2 N–H and O–H groups in total. The van der Waals surface area contributed by atoms with E-state index in [2.05, 4.69) is 24.2 Å². The Morgan fingerprint density at radius 1 is 1.47 bits per heavy atom. The normalized spacial score (nSPS) is 38.9. The van der Waals surface area contributed by atoms with E-state index in [1.165, 1.54) is 0 Å². The predicted molar refractivity (Wildman–Crippen MR) is 65.2 cm³/mol. The van der Waals surface area contributed by atoms with Crippen molar-refractivity contribution in [3.8, 4) is 0 Å². The van der Waals surface area contributed by atoms with Gasteiger partial charge in [-0.1, -0.05) is 0 Å². The van der Waals surface area contributed by atoms with E-state index >= 15 is 0 Å². The lowest BCUT2D eigenvalue weighted by atomic mass is 9.82. The minimum absolute atomic E-state index is 0.0470. The Balaban J connectivity index is 1.92. The number of amides is 2. The highest BCUT2D eigenvalue weighted by Crippen LogP contribution is 2.42. The van der Waals surface area contributed by atoms with E-state index in [0.717, 1.165) is 32.2 Å². The maximum Gasteiger partial charge on any atom is 0.323 e. The van der Waals surface area contributed by atoms with Crippen LogP contribution < -0.4 is 5.32 Å². The van der Waals surface area contributed by atoms with Crippen LogP contribution in [0.1, 0.15) is 32.6 Å². The molecular formula is C12H20N4O. The number of hydrogen-bond acceptors (Lipinski definition) is 3. The summed E-state index contributed by atoms with van der Waals surface area (Å²) in [6.07, 6.45) is 3.98. The van der Waals surface area contributed by atoms with E-state index in [0.29, 0.717) is 17.9 Å². The van der Waals surface area contributed by atoms with Gasteiger partial charge < -0.3 is 9.80 Å². The van der Waals surface area contributed by atoms with E-state index in [4.69, 9.17) is 5.41 Å². The summed E-state index contributed by atoms with van der Waals surface area (Å²) < 4.78 is 0. The van der Waals surface area contributed by atoms with E-state index in [1.807, 2.05) is 4.90 Å². The number of carbonyl (C=O) groups is 1. The van der Waals surface area contributed by atoms with Crippen LogP contribution in [0.4, 0.5) is 4.79 Å². The molecule has 2 unspecified atom stereocenters. The Morgan fingerprint density at radius 3 is 2.76 bits per heavy atom. The summed E-state index contributed by atoms with van der Waals surface area (Å²) in [5.41, 5.74) is -0.329. The van der Waals surface area contributed by atoms with Gasteiger partial charge in [0.1, 0.15) is 11.4 Å². The lowest BCUT2D eigenvalue weighted by Crippen LogP contribution is -2.58. The van der Waals surface area contributed by atoms with Crippen LogP contribution in [0.25, 0.3) is 0 Å². The number of rotatable bonds is 1. The summed E-state index contributed by atoms with van der Waals surface area (Å²) in [6.45, 7) is 3.14. The van der Waals surface area contributed by atoms with Gasteiger partial charge in [0.25, 0.3) is 0 Å². The van der Waals surface area contributed by atoms with Crippen LogP contribution in [0.2, 0.25) is 0 Å². The van der Waals surface area contributed by atoms with Crippen molar-refractivity contribution in [1.29, 1.82) is 5.41 Å². The molecule has 1 spiro atoms. The zero-order valence-electron chi connectivity index (χ0n) is 10.5. The largest absolute Gasteiger partial charge is 0.323 e. The van der Waals surface area contributed by atoms with Crippen LogP contribution in [-0.2, 0) is 0 Å². The quantitative estimate of drug-likeness (QED) is 0.713. The van der Waals surface area contributed by atoms with E-state index in [-0.39, 0.29) is 11.6 Å². The summed E-state index contributed by atoms with van der Waals surface area (Å²) >= 11 is 0. The molecule has 2 heterocycles. The van der Waals surface area contributed by atoms with E-state index in [9.17, 15) is 4.79 Å². The maximum absolute atomic E-state index is 12.0. The standard InChI is InChI=1S/C12H20N4O/c1-8-7-12(5-6-15(8)2)10(13)14-11(17)16(12)9-3-4-9/h8-9H,3-7H2,1-2H3,(H2,13,14,17). The second-order valence-electron chi connectivity index (χ2n) is 5.72. The molecule has 5 nitrogen and oxygen atoms in total. The average Bonchev–Trinajstić information content (AvgIpc) is 3.04. The lowest BCUT2D eigenvalue weighted by molar-refractivity contribution is 0.0790. The van der Waals surface area contributed by atoms with Crippen molar-refractivity contribution in [1.82, 2.24) is 15.1 Å². The first-order valence-electron chi connectivity index (χ1n) is 6.44. The Hall–Kier alpha value is -1.10. The van der Waals surface area contributed by atoms with Crippen molar-refractivity contribution in [3.05, 3.63) is 0 Å². The molecule has 2 amide bonds. The van der Waals surface area contributed by atoms with Crippen molar-refractivity contribution >= 4 is 11.9 Å². The van der Waals surface area contributed by atoms with Crippen molar-refractivity contribution < 1.29 is 4.79 Å². The van der Waals surface area contributed by atoms with Crippen LogP contribution in [0.15, 0.2) is 0 Å². The van der Waals surface area contributed by atoms with Crippen molar-refractivity contribution in [2.75, 3.05) is 13.6 Å². The molecule has 0 aromatic carbocycles. The van der Waals surface area contributed by atoms with Crippen LogP contribution >= 0.6 is 0 Å². The lowest BCUT2D eigenvalue weighted by Gasteiger charge is -2.45. The fraction of sp³-hybridized carbons (Fsp3) is 0.833. The van der Waals surface area contributed by atoms with Crippen LogP contribution in [0.3, 0.4) is 0 Å². The third-order valence-corrected chi connectivity index (χ3v) is 4.55. The smallest absolute Gasteiger partial charge is 0.309 e. The first kappa shape index (κ1) is 11.0. The molecule has 3 aliphatic rings. The predicted octanol–water partition coefficient (Wildman–Crippen LogP) is 1.00. The van der Waals surface area contributed by atoms with Gasteiger partial charge in [-0.25, -0.2) is 4.79 Å². The zero-order valence-corrected chi connectivity index (χ0v) is 10.5. The molecule has 17 heavy (non-hydrogen) atoms. The summed E-state index contributed by atoms with van der Waals surface area (Å²) in [5, 5.41) is 10.9. The maximum atomic E-state index is 12.0. The zero-order chi connectivity index (χ0) is 12.2. The molecule has 5 heteroatoms. The van der Waals surface area contributed by atoms with Crippen LogP contribution in [0.5, 0.6) is 0 Å². The highest BCUT2D eigenvalue weighted by atomic mass is 16.2. The number of urea groups is 1. The summed E-state index contributed by atoms with van der Waals surface area (Å²) in [5.74, 6) is 0.425. The second-order valence-corrected chi connectivity index (χ2v) is 5.72. The number of nitrogens with one attached hydrogen (secondary N) is 2. The number of carbonyl (C=O) groups excluding carboxylic acids is 1. The van der Waals surface area contributed by atoms with E-state index < -0.39 is 0 Å². The topological polar surface area (TPSA) is 59.4 Å². The molecule has 1 aliphatic carbocycles. The average molecular weight is 236 g/mol. The van der Waals surface area contributed by atoms with Crippen molar-refractivity contribution in [2.45, 2.75) is 50.2 Å². The SMILES string of the molecule is CC1CC2(CCN1C)C(=N)NC(=O)N2C1CC1. The third kappa shape index (κ3) is 1.48. The molecule has 3 rings (SSSR count). The van der Waals surface area contributed by atoms with Gasteiger partial charge in [0, 0.05) is 18.6 Å². The fourth-order valence-corrected chi connectivity index (χ4v) is 3.22. The van der Waals surface area contributed by atoms with Gasteiger partial charge in [-0.05, 0) is 39.7 Å². The number of piperidine rings is 1. The van der Waals surface area contributed by atoms with Gasteiger partial charge in [-0.2, -0.15) is 0 Å². The summed E-state index contributed by atoms with van der Waals surface area (Å²) in [7, 11) is 2.12. The second kappa shape index (κ2) is 3.45. The summed E-state index contributed by atoms with van der Waals surface area (Å²) in [6, 6.07) is 0.765. The minimum atomic E-state index is -0.329. The Kier molecular flexibility index (Phi) is 2.23. The van der Waals surface area contributed by atoms with Crippen molar-refractivity contribution in [3.63, 3.8) is 0 Å². The number of amidine groups is 1. The molecule has 2 saturated heterocycles. The Labute approximate surface area is 102 Å². The molecule has 2 aliphatic heterocycles. The molecule has 0 bridgehead atoms. The van der Waals surface area contributed by atoms with Gasteiger partial charge in [0.2, 0.25) is 0 Å². The Bertz CT molecular complexity index is 379. The molecule has 0 aromatic rings. The first-order chi connectivity index (χ1) is 8.04.